The highest BCUT2D eigenvalue weighted by Crippen LogP contribution is 2.50. The molecule has 0 saturated carbocycles. The minimum atomic E-state index is -0.702. The highest BCUT2D eigenvalue weighted by atomic mass is 35.5. The predicted molar refractivity (Wildman–Crippen MR) is 125 cm³/mol. The van der Waals surface area contributed by atoms with Crippen molar-refractivity contribution in [2.24, 2.45) is 0 Å². The maximum Gasteiger partial charge on any atom is 0.0477 e. The van der Waals surface area contributed by atoms with Gasteiger partial charge in [0.05, 0.1) is 0 Å². The molecule has 146 valence electrons. The van der Waals surface area contributed by atoms with Crippen molar-refractivity contribution in [3.05, 3.63) is 98.3 Å². The zero-order valence-electron chi connectivity index (χ0n) is 13.4. The molecule has 9 heteroatoms. The van der Waals surface area contributed by atoms with Gasteiger partial charge < -0.3 is 0 Å². The van der Waals surface area contributed by atoms with Crippen molar-refractivity contribution in [2.75, 3.05) is 0 Å². The first-order chi connectivity index (χ1) is 13.1. The second-order valence-corrected chi connectivity index (χ2v) is 9.53. The Hall–Kier alpha value is 0.270. The Labute approximate surface area is 207 Å². The van der Waals surface area contributed by atoms with Gasteiger partial charge in [0.25, 0.3) is 0 Å². The van der Waals surface area contributed by atoms with E-state index in [0.717, 1.165) is 0 Å². The van der Waals surface area contributed by atoms with Gasteiger partial charge in [0.15, 0.2) is 0 Å². The van der Waals surface area contributed by atoms with Crippen LogP contribution in [-0.2, 0) is 0 Å². The van der Waals surface area contributed by atoms with E-state index in [9.17, 15) is 0 Å². The normalized spacial score (nSPS) is 11.4. The molecule has 0 radical (unpaired) electrons. The summed E-state index contributed by atoms with van der Waals surface area (Å²) in [5.41, 5.74) is 1.47. The molecule has 0 fully saturated rings. The summed E-state index contributed by atoms with van der Waals surface area (Å²) in [5, 5.41) is 2.91. The molecule has 3 aromatic rings. The van der Waals surface area contributed by atoms with Gasteiger partial charge in [-0.1, -0.05) is 104 Å². The molecule has 3 rings (SSSR count). The summed E-state index contributed by atoms with van der Waals surface area (Å²) in [6.45, 7) is 0. The topological polar surface area (TPSA) is 0 Å². The van der Waals surface area contributed by atoms with Crippen LogP contribution in [0.4, 0.5) is 0 Å². The SMILES string of the molecule is Clc1cc(Cl)c(C(c2c(Cl)cc(Cl)cc2Cl)c2c(Cl)cc(Cl)cc2Cl)c(Cl)c1. The first-order valence-corrected chi connectivity index (χ1v) is 10.9. The third-order valence-electron chi connectivity index (χ3n) is 4.00. The van der Waals surface area contributed by atoms with E-state index in [1.165, 1.54) is 0 Å². The molecule has 0 aliphatic rings. The second-order valence-electron chi connectivity index (χ2n) is 5.78. The summed E-state index contributed by atoms with van der Waals surface area (Å²) in [6.07, 6.45) is 0. The van der Waals surface area contributed by atoms with Gasteiger partial charge >= 0.3 is 0 Å². The Morgan fingerprint density at radius 1 is 0.357 bits per heavy atom. The maximum atomic E-state index is 6.51. The van der Waals surface area contributed by atoms with Crippen molar-refractivity contribution in [1.82, 2.24) is 0 Å². The largest absolute Gasteiger partial charge is 0.0842 e. The number of rotatable bonds is 3. The van der Waals surface area contributed by atoms with Crippen molar-refractivity contribution in [2.45, 2.75) is 5.92 Å². The summed E-state index contributed by atoms with van der Waals surface area (Å²) in [6, 6.07) is 9.37. The maximum absolute atomic E-state index is 6.51. The van der Waals surface area contributed by atoms with Crippen LogP contribution in [0.15, 0.2) is 36.4 Å². The van der Waals surface area contributed by atoms with Crippen molar-refractivity contribution >= 4 is 104 Å². The highest BCUT2D eigenvalue weighted by molar-refractivity contribution is 6.42. The Bertz CT molecular complexity index is 869. The van der Waals surface area contributed by atoms with Gasteiger partial charge in [-0.15, -0.1) is 0 Å². The third kappa shape index (κ3) is 4.62. The van der Waals surface area contributed by atoms with E-state index in [-0.39, 0.29) is 0 Å². The van der Waals surface area contributed by atoms with E-state index in [1.807, 2.05) is 0 Å². The van der Waals surface area contributed by atoms with Crippen LogP contribution >= 0.6 is 104 Å². The van der Waals surface area contributed by atoms with E-state index >= 15 is 0 Å². The quantitative estimate of drug-likeness (QED) is 0.283. The smallest absolute Gasteiger partial charge is 0.0477 e. The van der Waals surface area contributed by atoms with Crippen LogP contribution in [0.25, 0.3) is 0 Å². The van der Waals surface area contributed by atoms with Crippen LogP contribution in [0.3, 0.4) is 0 Å². The predicted octanol–water partition coefficient (Wildman–Crippen LogP) is 10.7. The molecule has 0 aliphatic carbocycles. The van der Waals surface area contributed by atoms with Gasteiger partial charge in [-0.3, -0.25) is 0 Å². The van der Waals surface area contributed by atoms with Gasteiger partial charge in [-0.2, -0.15) is 0 Å². The summed E-state index contributed by atoms with van der Waals surface area (Å²) in [4.78, 5) is 0. The molecule has 0 spiro atoms. The lowest BCUT2D eigenvalue weighted by atomic mass is 9.84. The van der Waals surface area contributed by atoms with Gasteiger partial charge in [0.2, 0.25) is 0 Å². The molecule has 28 heavy (non-hydrogen) atoms. The lowest BCUT2D eigenvalue weighted by Crippen LogP contribution is -2.08. The molecule has 0 unspecified atom stereocenters. The van der Waals surface area contributed by atoms with Gasteiger partial charge in [0, 0.05) is 67.8 Å². The first kappa shape index (κ1) is 22.9. The average Bonchev–Trinajstić information content (AvgIpc) is 2.51. The lowest BCUT2D eigenvalue weighted by Gasteiger charge is -2.25. The third-order valence-corrected chi connectivity index (χ3v) is 6.53. The Morgan fingerprint density at radius 3 is 0.714 bits per heavy atom. The molecule has 0 aliphatic heterocycles. The fourth-order valence-corrected chi connectivity index (χ4v) is 6.03. The number of hydrogen-bond acceptors (Lipinski definition) is 0. The molecule has 0 amide bonds. The summed E-state index contributed by atoms with van der Waals surface area (Å²) < 4.78 is 0. The van der Waals surface area contributed by atoms with Gasteiger partial charge in [0.1, 0.15) is 0 Å². The Balaban J connectivity index is 2.45. The molecule has 3 aromatic carbocycles. The van der Waals surface area contributed by atoms with Gasteiger partial charge in [-0.05, 0) is 36.4 Å². The molecule has 0 heterocycles. The molecule has 0 nitrogen and oxygen atoms in total. The molecule has 0 aromatic heterocycles. The van der Waals surface area contributed by atoms with Crippen LogP contribution in [0, 0.1) is 0 Å². The molecular formula is C19H7Cl9. The fourth-order valence-electron chi connectivity index (χ4n) is 2.92. The Kier molecular flexibility index (Phi) is 7.52. The van der Waals surface area contributed by atoms with Gasteiger partial charge in [-0.25, -0.2) is 0 Å². The van der Waals surface area contributed by atoms with Crippen LogP contribution in [0.5, 0.6) is 0 Å². The minimum Gasteiger partial charge on any atom is -0.0842 e. The summed E-state index contributed by atoms with van der Waals surface area (Å²) >= 11 is 57.3. The summed E-state index contributed by atoms with van der Waals surface area (Å²) in [5.74, 6) is -0.702. The fraction of sp³-hybridized carbons (Fsp3) is 0.0526. The Morgan fingerprint density at radius 2 is 0.536 bits per heavy atom. The van der Waals surface area contributed by atoms with E-state index in [2.05, 4.69) is 0 Å². The second kappa shape index (κ2) is 9.18. The average molecular weight is 554 g/mol. The van der Waals surface area contributed by atoms with E-state index in [4.69, 9.17) is 104 Å². The van der Waals surface area contributed by atoms with Crippen molar-refractivity contribution in [3.8, 4) is 0 Å². The zero-order valence-corrected chi connectivity index (χ0v) is 20.2. The van der Waals surface area contributed by atoms with E-state index in [1.54, 1.807) is 36.4 Å². The molecule has 0 N–H and O–H groups in total. The molecule has 0 atom stereocenters. The molecule has 0 saturated heterocycles. The van der Waals surface area contributed by atoms with E-state index < -0.39 is 5.92 Å². The van der Waals surface area contributed by atoms with Crippen LogP contribution in [0.2, 0.25) is 45.2 Å². The van der Waals surface area contributed by atoms with Crippen LogP contribution < -0.4 is 0 Å². The van der Waals surface area contributed by atoms with Crippen LogP contribution in [-0.4, -0.2) is 0 Å². The van der Waals surface area contributed by atoms with Crippen LogP contribution in [0.1, 0.15) is 22.6 Å². The summed E-state index contributed by atoms with van der Waals surface area (Å²) in [7, 11) is 0. The lowest BCUT2D eigenvalue weighted by molar-refractivity contribution is 0.979. The first-order valence-electron chi connectivity index (χ1n) is 7.53. The van der Waals surface area contributed by atoms with E-state index in [0.29, 0.717) is 61.9 Å². The molecule has 0 bridgehead atoms. The standard InChI is InChI=1S/C19H7Cl9/c20-7-1-10(23)16(11(24)2-7)19(17-12(25)3-8(21)4-13(17)26)18-14(27)5-9(22)6-15(18)28/h1-6,19H. The zero-order chi connectivity index (χ0) is 20.7. The van der Waals surface area contributed by atoms with Crippen molar-refractivity contribution in [1.29, 1.82) is 0 Å². The number of hydrogen-bond donors (Lipinski definition) is 0. The van der Waals surface area contributed by atoms with Crippen molar-refractivity contribution in [3.63, 3.8) is 0 Å². The number of benzene rings is 3. The van der Waals surface area contributed by atoms with Crippen molar-refractivity contribution < 1.29 is 0 Å². The molecular weight excluding hydrogens is 547 g/mol. The highest BCUT2D eigenvalue weighted by Gasteiger charge is 2.31. The monoisotopic (exact) mass is 550 g/mol. The number of halogens is 9. The minimum absolute atomic E-state index is 0.298.